The monoisotopic (exact) mass is 262 g/mol. The Morgan fingerprint density at radius 2 is 2.35 bits per heavy atom. The number of rotatable bonds is 2. The van der Waals surface area contributed by atoms with Gasteiger partial charge in [-0.2, -0.15) is 0 Å². The minimum Gasteiger partial charge on any atom is -0.366 e. The van der Waals surface area contributed by atoms with E-state index in [4.69, 9.17) is 4.74 Å². The van der Waals surface area contributed by atoms with Gasteiger partial charge in [-0.1, -0.05) is 13.3 Å². The first-order valence-electron chi connectivity index (χ1n) is 6.42. The molecule has 4 nitrogen and oxygen atoms in total. The van der Waals surface area contributed by atoms with E-state index in [0.717, 1.165) is 26.1 Å². The highest BCUT2D eigenvalue weighted by atomic mass is 35.5. The summed E-state index contributed by atoms with van der Waals surface area (Å²) in [7, 11) is 0. The molecule has 2 atom stereocenters. The lowest BCUT2D eigenvalue weighted by Crippen LogP contribution is -2.51. The van der Waals surface area contributed by atoms with E-state index in [1.807, 2.05) is 4.90 Å². The Labute approximate surface area is 109 Å². The molecule has 1 amide bonds. The van der Waals surface area contributed by atoms with Gasteiger partial charge in [0.15, 0.2) is 0 Å². The molecule has 2 fully saturated rings. The molecule has 0 spiro atoms. The number of carbonyl (C=O) groups excluding carboxylic acids is 1. The van der Waals surface area contributed by atoms with E-state index in [-0.39, 0.29) is 24.4 Å². The van der Waals surface area contributed by atoms with E-state index in [9.17, 15) is 4.79 Å². The van der Waals surface area contributed by atoms with Gasteiger partial charge >= 0.3 is 0 Å². The Morgan fingerprint density at radius 1 is 1.53 bits per heavy atom. The van der Waals surface area contributed by atoms with Crippen molar-refractivity contribution in [2.24, 2.45) is 5.92 Å². The molecule has 0 aliphatic carbocycles. The number of ether oxygens (including phenoxy) is 1. The van der Waals surface area contributed by atoms with Gasteiger partial charge in [0.2, 0.25) is 0 Å². The van der Waals surface area contributed by atoms with Gasteiger partial charge in [-0.15, -0.1) is 12.4 Å². The van der Waals surface area contributed by atoms with Gasteiger partial charge in [0.1, 0.15) is 6.10 Å². The number of nitrogens with one attached hydrogen (secondary N) is 1. The predicted molar refractivity (Wildman–Crippen MR) is 69.5 cm³/mol. The van der Waals surface area contributed by atoms with Crippen LogP contribution in [-0.2, 0) is 9.53 Å². The van der Waals surface area contributed by atoms with E-state index >= 15 is 0 Å². The predicted octanol–water partition coefficient (Wildman–Crippen LogP) is 1.05. The summed E-state index contributed by atoms with van der Waals surface area (Å²) >= 11 is 0. The number of hydrogen-bond acceptors (Lipinski definition) is 3. The molecule has 0 radical (unpaired) electrons. The van der Waals surface area contributed by atoms with Crippen LogP contribution in [0.5, 0.6) is 0 Å². The van der Waals surface area contributed by atoms with Crippen LogP contribution >= 0.6 is 12.4 Å². The molecule has 1 N–H and O–H groups in total. The maximum Gasteiger partial charge on any atom is 0.253 e. The molecule has 2 heterocycles. The summed E-state index contributed by atoms with van der Waals surface area (Å²) in [6, 6.07) is 0. The van der Waals surface area contributed by atoms with Crippen molar-refractivity contribution < 1.29 is 9.53 Å². The van der Waals surface area contributed by atoms with Crippen LogP contribution in [0.15, 0.2) is 0 Å². The summed E-state index contributed by atoms with van der Waals surface area (Å²) in [6.07, 6.45) is 3.34. The first kappa shape index (κ1) is 14.7. The van der Waals surface area contributed by atoms with Gasteiger partial charge in [0.25, 0.3) is 5.91 Å². The number of carbonyl (C=O) groups is 1. The van der Waals surface area contributed by atoms with E-state index in [2.05, 4.69) is 12.2 Å². The fourth-order valence-electron chi connectivity index (χ4n) is 2.53. The molecule has 2 saturated heterocycles. The third-order valence-corrected chi connectivity index (χ3v) is 3.61. The molecular formula is C12H23ClN2O2. The Morgan fingerprint density at radius 3 is 3.00 bits per heavy atom. The molecule has 5 heteroatoms. The number of nitrogens with zero attached hydrogens (tertiary/aromatic N) is 1. The van der Waals surface area contributed by atoms with Crippen molar-refractivity contribution in [2.75, 3.05) is 32.8 Å². The van der Waals surface area contributed by atoms with E-state index in [1.54, 1.807) is 0 Å². The zero-order valence-corrected chi connectivity index (χ0v) is 11.3. The average Bonchev–Trinajstić information content (AvgIpc) is 2.39. The summed E-state index contributed by atoms with van der Waals surface area (Å²) in [5.74, 6) is 0.875. The van der Waals surface area contributed by atoms with Gasteiger partial charge in [-0.25, -0.2) is 0 Å². The normalized spacial score (nSPS) is 29.6. The number of halogens is 1. The van der Waals surface area contributed by atoms with Crippen molar-refractivity contribution in [1.82, 2.24) is 10.2 Å². The van der Waals surface area contributed by atoms with Crippen LogP contribution in [0.2, 0.25) is 0 Å². The number of morpholine rings is 1. The lowest BCUT2D eigenvalue weighted by Gasteiger charge is -2.35. The topological polar surface area (TPSA) is 41.6 Å². The fraction of sp³-hybridized carbons (Fsp3) is 0.917. The SMILES string of the molecule is CCC1CCCN(C(=O)C2CNCCO2)C1.Cl. The number of piperidine rings is 1. The average molecular weight is 263 g/mol. The first-order chi connectivity index (χ1) is 7.81. The Hall–Kier alpha value is -0.320. The van der Waals surface area contributed by atoms with E-state index in [1.165, 1.54) is 12.8 Å². The zero-order chi connectivity index (χ0) is 11.4. The zero-order valence-electron chi connectivity index (χ0n) is 10.5. The van der Waals surface area contributed by atoms with Crippen LogP contribution in [-0.4, -0.2) is 49.7 Å². The van der Waals surface area contributed by atoms with Crippen LogP contribution in [0.25, 0.3) is 0 Å². The standard InChI is InChI=1S/C12H22N2O2.ClH/c1-2-10-4-3-6-14(9-10)12(15)11-8-13-5-7-16-11;/h10-11,13H,2-9H2,1H3;1H. The highest BCUT2D eigenvalue weighted by Gasteiger charge is 2.29. The molecule has 0 saturated carbocycles. The maximum atomic E-state index is 12.2. The van der Waals surface area contributed by atoms with Crippen molar-refractivity contribution in [3.8, 4) is 0 Å². The third kappa shape index (κ3) is 3.83. The van der Waals surface area contributed by atoms with Gasteiger partial charge in [-0.05, 0) is 18.8 Å². The quantitative estimate of drug-likeness (QED) is 0.809. The smallest absolute Gasteiger partial charge is 0.253 e. The summed E-state index contributed by atoms with van der Waals surface area (Å²) in [5, 5.41) is 3.21. The van der Waals surface area contributed by atoms with Crippen molar-refractivity contribution >= 4 is 18.3 Å². The highest BCUT2D eigenvalue weighted by molar-refractivity contribution is 5.85. The largest absolute Gasteiger partial charge is 0.366 e. The maximum absolute atomic E-state index is 12.2. The minimum absolute atomic E-state index is 0. The molecule has 2 aliphatic heterocycles. The third-order valence-electron chi connectivity index (χ3n) is 3.61. The summed E-state index contributed by atoms with van der Waals surface area (Å²) < 4.78 is 5.51. The second-order valence-corrected chi connectivity index (χ2v) is 4.76. The lowest BCUT2D eigenvalue weighted by molar-refractivity contribution is -0.147. The number of hydrogen-bond donors (Lipinski definition) is 1. The number of amides is 1. The molecule has 0 aromatic carbocycles. The van der Waals surface area contributed by atoms with Crippen LogP contribution < -0.4 is 5.32 Å². The molecule has 100 valence electrons. The first-order valence-corrected chi connectivity index (χ1v) is 6.42. The lowest BCUT2D eigenvalue weighted by atomic mass is 9.95. The van der Waals surface area contributed by atoms with Crippen LogP contribution in [0, 0.1) is 5.92 Å². The van der Waals surface area contributed by atoms with Crippen LogP contribution in [0.1, 0.15) is 26.2 Å². The van der Waals surface area contributed by atoms with Crippen LogP contribution in [0.3, 0.4) is 0 Å². The molecule has 17 heavy (non-hydrogen) atoms. The minimum atomic E-state index is -0.246. The van der Waals surface area contributed by atoms with Gasteiger partial charge in [0.05, 0.1) is 6.61 Å². The second kappa shape index (κ2) is 7.19. The van der Waals surface area contributed by atoms with Crippen molar-refractivity contribution in [3.63, 3.8) is 0 Å². The molecule has 2 unspecified atom stereocenters. The van der Waals surface area contributed by atoms with Gasteiger partial charge < -0.3 is 15.0 Å². The van der Waals surface area contributed by atoms with Crippen LogP contribution in [0.4, 0.5) is 0 Å². The van der Waals surface area contributed by atoms with Crippen molar-refractivity contribution in [2.45, 2.75) is 32.3 Å². The molecule has 0 aromatic rings. The van der Waals surface area contributed by atoms with E-state index < -0.39 is 0 Å². The molecule has 2 rings (SSSR count). The van der Waals surface area contributed by atoms with Crippen molar-refractivity contribution in [3.05, 3.63) is 0 Å². The summed E-state index contributed by atoms with van der Waals surface area (Å²) in [5.41, 5.74) is 0. The fourth-order valence-corrected chi connectivity index (χ4v) is 2.53. The van der Waals surface area contributed by atoms with Crippen molar-refractivity contribution in [1.29, 1.82) is 0 Å². The Bertz CT molecular complexity index is 245. The number of likely N-dealkylation sites (tertiary alicyclic amines) is 1. The second-order valence-electron chi connectivity index (χ2n) is 4.76. The van der Waals surface area contributed by atoms with E-state index in [0.29, 0.717) is 19.1 Å². The Kier molecular flexibility index (Phi) is 6.23. The molecular weight excluding hydrogens is 240 g/mol. The van der Waals surface area contributed by atoms with Gasteiger partial charge in [0, 0.05) is 26.2 Å². The summed E-state index contributed by atoms with van der Waals surface area (Å²) in [6.45, 7) is 6.23. The molecule has 0 aromatic heterocycles. The summed E-state index contributed by atoms with van der Waals surface area (Å²) in [4.78, 5) is 14.2. The highest BCUT2D eigenvalue weighted by Crippen LogP contribution is 2.20. The molecule has 2 aliphatic rings. The molecule has 0 bridgehead atoms. The van der Waals surface area contributed by atoms with Gasteiger partial charge in [-0.3, -0.25) is 4.79 Å². The Balaban J connectivity index is 0.00000144.